The third-order valence-corrected chi connectivity index (χ3v) is 5.72. The zero-order valence-corrected chi connectivity index (χ0v) is 16.6. The van der Waals surface area contributed by atoms with Gasteiger partial charge in [-0.15, -0.1) is 0 Å². The highest BCUT2D eigenvalue weighted by Crippen LogP contribution is 2.43. The normalized spacial score (nSPS) is 15.4. The van der Waals surface area contributed by atoms with Crippen LogP contribution in [0.25, 0.3) is 10.9 Å². The van der Waals surface area contributed by atoms with E-state index < -0.39 is 5.41 Å². The van der Waals surface area contributed by atoms with Crippen molar-refractivity contribution in [1.29, 1.82) is 0 Å². The fourth-order valence-electron chi connectivity index (χ4n) is 4.27. The number of pyridine rings is 1. The van der Waals surface area contributed by atoms with Gasteiger partial charge < -0.3 is 10.1 Å². The van der Waals surface area contributed by atoms with Crippen LogP contribution in [-0.4, -0.2) is 17.5 Å². The topological polar surface area (TPSA) is 51.2 Å². The van der Waals surface area contributed by atoms with Crippen LogP contribution in [0.2, 0.25) is 0 Å². The van der Waals surface area contributed by atoms with Crippen molar-refractivity contribution in [3.05, 3.63) is 66.1 Å². The molecule has 0 spiro atoms. The van der Waals surface area contributed by atoms with Gasteiger partial charge in [0.15, 0.2) is 0 Å². The van der Waals surface area contributed by atoms with Crippen LogP contribution < -0.4 is 10.1 Å². The van der Waals surface area contributed by atoms with Crippen molar-refractivity contribution in [2.24, 2.45) is 0 Å². The molecule has 0 bridgehead atoms. The Morgan fingerprint density at radius 2 is 1.93 bits per heavy atom. The molecular weight excluding hydrogens is 367 g/mol. The minimum absolute atomic E-state index is 0.160. The maximum Gasteiger partial charge on any atom is 0.235 e. The Kier molecular flexibility index (Phi) is 5.47. The van der Waals surface area contributed by atoms with Crippen LogP contribution in [0.4, 0.5) is 10.1 Å². The van der Waals surface area contributed by atoms with E-state index in [0.717, 1.165) is 24.6 Å². The quantitative estimate of drug-likeness (QED) is 0.593. The molecule has 3 aromatic rings. The molecule has 4 nitrogen and oxygen atoms in total. The number of fused-ring (bicyclic) bond motifs is 1. The average Bonchev–Trinajstić information content (AvgIpc) is 3.24. The van der Waals surface area contributed by atoms with Gasteiger partial charge >= 0.3 is 0 Å². The first kappa shape index (κ1) is 19.4. The SMILES string of the molecule is CCCOc1ccc(NC(=O)C2(c3ccccc3F)CCCC2)c2cccnc12. The van der Waals surface area contributed by atoms with Gasteiger partial charge in [0.25, 0.3) is 0 Å². The number of halogens is 1. The second-order valence-electron chi connectivity index (χ2n) is 7.58. The van der Waals surface area contributed by atoms with Gasteiger partial charge in [0.2, 0.25) is 5.91 Å². The number of aromatic nitrogens is 1. The van der Waals surface area contributed by atoms with Gasteiger partial charge in [-0.1, -0.05) is 38.0 Å². The lowest BCUT2D eigenvalue weighted by molar-refractivity contribution is -0.121. The monoisotopic (exact) mass is 392 g/mol. The van der Waals surface area contributed by atoms with E-state index in [2.05, 4.69) is 10.3 Å². The van der Waals surface area contributed by atoms with E-state index in [-0.39, 0.29) is 11.7 Å². The second kappa shape index (κ2) is 8.19. The number of rotatable bonds is 6. The number of amides is 1. The number of carbonyl (C=O) groups excluding carboxylic acids is 1. The molecule has 1 N–H and O–H groups in total. The number of ether oxygens (including phenoxy) is 1. The third kappa shape index (κ3) is 3.57. The van der Waals surface area contributed by atoms with Gasteiger partial charge in [0, 0.05) is 17.1 Å². The predicted octanol–water partition coefficient (Wildman–Crippen LogP) is 5.61. The van der Waals surface area contributed by atoms with Crippen molar-refractivity contribution in [2.75, 3.05) is 11.9 Å². The molecule has 29 heavy (non-hydrogen) atoms. The molecule has 4 rings (SSSR count). The van der Waals surface area contributed by atoms with Gasteiger partial charge in [0.05, 0.1) is 17.7 Å². The highest BCUT2D eigenvalue weighted by atomic mass is 19.1. The molecule has 0 unspecified atom stereocenters. The Bertz CT molecular complexity index is 1030. The molecule has 0 aliphatic heterocycles. The average molecular weight is 392 g/mol. The number of nitrogens with one attached hydrogen (secondary N) is 1. The molecule has 1 heterocycles. The van der Waals surface area contributed by atoms with Crippen LogP contribution >= 0.6 is 0 Å². The van der Waals surface area contributed by atoms with Gasteiger partial charge in [-0.2, -0.15) is 0 Å². The summed E-state index contributed by atoms with van der Waals surface area (Å²) < 4.78 is 20.4. The number of hydrogen-bond acceptors (Lipinski definition) is 3. The molecule has 1 aliphatic carbocycles. The summed E-state index contributed by atoms with van der Waals surface area (Å²) in [6.07, 6.45) is 5.73. The first-order valence-electron chi connectivity index (χ1n) is 10.2. The summed E-state index contributed by atoms with van der Waals surface area (Å²) in [5.74, 6) is 0.219. The third-order valence-electron chi connectivity index (χ3n) is 5.72. The zero-order valence-electron chi connectivity index (χ0n) is 16.6. The largest absolute Gasteiger partial charge is 0.491 e. The number of nitrogens with zero attached hydrogens (tertiary/aromatic N) is 1. The summed E-state index contributed by atoms with van der Waals surface area (Å²) in [6.45, 7) is 2.65. The van der Waals surface area contributed by atoms with Crippen molar-refractivity contribution in [3.63, 3.8) is 0 Å². The predicted molar refractivity (Wildman–Crippen MR) is 113 cm³/mol. The molecule has 0 atom stereocenters. The number of carbonyl (C=O) groups is 1. The number of benzene rings is 2. The molecule has 1 saturated carbocycles. The van der Waals surface area contributed by atoms with E-state index in [1.165, 1.54) is 6.07 Å². The molecular formula is C24H25FN2O2. The summed E-state index contributed by atoms with van der Waals surface area (Å²) in [5.41, 5.74) is 1.03. The second-order valence-corrected chi connectivity index (χ2v) is 7.58. The smallest absolute Gasteiger partial charge is 0.235 e. The van der Waals surface area contributed by atoms with Gasteiger partial charge in [0.1, 0.15) is 17.1 Å². The Labute approximate surface area is 170 Å². The van der Waals surface area contributed by atoms with Crippen molar-refractivity contribution < 1.29 is 13.9 Å². The summed E-state index contributed by atoms with van der Waals surface area (Å²) in [7, 11) is 0. The molecule has 1 aromatic heterocycles. The fourth-order valence-corrected chi connectivity index (χ4v) is 4.27. The maximum atomic E-state index is 14.6. The van der Waals surface area contributed by atoms with Gasteiger partial charge in [-0.05, 0) is 49.6 Å². The van der Waals surface area contributed by atoms with Crippen LogP contribution in [0, 0.1) is 5.82 Å². The molecule has 2 aromatic carbocycles. The Hall–Kier alpha value is -2.95. The fraction of sp³-hybridized carbons (Fsp3) is 0.333. The minimum Gasteiger partial charge on any atom is -0.491 e. The lowest BCUT2D eigenvalue weighted by Crippen LogP contribution is -2.38. The lowest BCUT2D eigenvalue weighted by atomic mass is 9.77. The molecule has 5 heteroatoms. The van der Waals surface area contributed by atoms with Crippen molar-refractivity contribution in [3.8, 4) is 5.75 Å². The van der Waals surface area contributed by atoms with Crippen LogP contribution in [0.5, 0.6) is 5.75 Å². The van der Waals surface area contributed by atoms with E-state index in [4.69, 9.17) is 4.74 Å². The van der Waals surface area contributed by atoms with Crippen molar-refractivity contribution in [2.45, 2.75) is 44.4 Å². The summed E-state index contributed by atoms with van der Waals surface area (Å²) in [6, 6.07) is 14.1. The molecule has 1 amide bonds. The summed E-state index contributed by atoms with van der Waals surface area (Å²) in [5, 5.41) is 3.89. The van der Waals surface area contributed by atoms with E-state index in [1.54, 1.807) is 24.4 Å². The highest BCUT2D eigenvalue weighted by Gasteiger charge is 2.44. The Morgan fingerprint density at radius 3 is 2.69 bits per heavy atom. The van der Waals surface area contributed by atoms with Crippen molar-refractivity contribution >= 4 is 22.5 Å². The van der Waals surface area contributed by atoms with Crippen LogP contribution in [-0.2, 0) is 10.2 Å². The van der Waals surface area contributed by atoms with E-state index in [0.29, 0.717) is 42.0 Å². The van der Waals surface area contributed by atoms with Crippen molar-refractivity contribution in [1.82, 2.24) is 4.98 Å². The van der Waals surface area contributed by atoms with E-state index in [9.17, 15) is 9.18 Å². The van der Waals surface area contributed by atoms with E-state index in [1.807, 2.05) is 31.2 Å². The van der Waals surface area contributed by atoms with Crippen LogP contribution in [0.3, 0.4) is 0 Å². The molecule has 1 fully saturated rings. The van der Waals surface area contributed by atoms with E-state index >= 15 is 0 Å². The van der Waals surface area contributed by atoms with Gasteiger partial charge in [-0.25, -0.2) is 4.39 Å². The Morgan fingerprint density at radius 1 is 1.14 bits per heavy atom. The standard InChI is InChI=1S/C24H25FN2O2/c1-2-16-29-21-12-11-20(17-8-7-15-26-22(17)21)27-23(28)24(13-5-6-14-24)18-9-3-4-10-19(18)25/h3-4,7-12,15H,2,5-6,13-14,16H2,1H3,(H,27,28). The zero-order chi connectivity index (χ0) is 20.3. The first-order valence-corrected chi connectivity index (χ1v) is 10.2. The summed E-state index contributed by atoms with van der Waals surface area (Å²) in [4.78, 5) is 17.9. The number of hydrogen-bond donors (Lipinski definition) is 1. The molecule has 0 radical (unpaired) electrons. The first-order chi connectivity index (χ1) is 14.2. The number of anilines is 1. The lowest BCUT2D eigenvalue weighted by Gasteiger charge is -2.29. The summed E-state index contributed by atoms with van der Waals surface area (Å²) >= 11 is 0. The van der Waals surface area contributed by atoms with Crippen LogP contribution in [0.15, 0.2) is 54.7 Å². The molecule has 0 saturated heterocycles. The molecule has 1 aliphatic rings. The van der Waals surface area contributed by atoms with Gasteiger partial charge in [-0.3, -0.25) is 9.78 Å². The maximum absolute atomic E-state index is 14.6. The highest BCUT2D eigenvalue weighted by molar-refractivity contribution is 6.06. The van der Waals surface area contributed by atoms with Crippen LogP contribution in [0.1, 0.15) is 44.6 Å². The molecule has 150 valence electrons. The Balaban J connectivity index is 1.71. The minimum atomic E-state index is -0.836.